The molecule has 0 saturated carbocycles. The van der Waals surface area contributed by atoms with E-state index in [2.05, 4.69) is 44.0 Å². The summed E-state index contributed by atoms with van der Waals surface area (Å²) >= 11 is 1.45. The quantitative estimate of drug-likeness (QED) is 0.539. The van der Waals surface area contributed by atoms with E-state index >= 15 is 0 Å². The highest BCUT2D eigenvalue weighted by Gasteiger charge is 2.12. The minimum absolute atomic E-state index is 0.0130. The van der Waals surface area contributed by atoms with E-state index in [1.165, 1.54) is 22.5 Å². The molecular formula is C19H16N2OS. The Bertz CT molecular complexity index is 1170. The highest BCUT2D eigenvalue weighted by molar-refractivity contribution is 7.15. The van der Waals surface area contributed by atoms with E-state index < -0.39 is 0 Å². The van der Waals surface area contributed by atoms with Gasteiger partial charge in [-0.3, -0.25) is 4.79 Å². The number of benzene rings is 2. The Hall–Kier alpha value is -2.46. The van der Waals surface area contributed by atoms with Crippen LogP contribution in [0.3, 0.4) is 0 Å². The van der Waals surface area contributed by atoms with Crippen molar-refractivity contribution in [1.29, 1.82) is 0 Å². The van der Waals surface area contributed by atoms with Crippen LogP contribution in [0.5, 0.6) is 0 Å². The van der Waals surface area contributed by atoms with Crippen LogP contribution in [-0.4, -0.2) is 9.38 Å². The maximum atomic E-state index is 12.8. The first kappa shape index (κ1) is 14.2. The third kappa shape index (κ3) is 2.18. The third-order valence-corrected chi connectivity index (χ3v) is 5.30. The third-order valence-electron chi connectivity index (χ3n) is 4.33. The van der Waals surface area contributed by atoms with Gasteiger partial charge in [-0.05, 0) is 61.2 Å². The van der Waals surface area contributed by atoms with Gasteiger partial charge >= 0.3 is 0 Å². The van der Waals surface area contributed by atoms with Gasteiger partial charge in [0.05, 0.1) is 15.6 Å². The molecule has 4 aromatic rings. The summed E-state index contributed by atoms with van der Waals surface area (Å²) < 4.78 is 2.46. The number of aromatic nitrogens is 2. The van der Waals surface area contributed by atoms with E-state index in [9.17, 15) is 4.79 Å². The lowest BCUT2D eigenvalue weighted by atomic mass is 10.1. The molecule has 0 bridgehead atoms. The normalized spacial score (nSPS) is 12.6. The number of hydrogen-bond donors (Lipinski definition) is 0. The molecule has 0 fully saturated rings. The summed E-state index contributed by atoms with van der Waals surface area (Å²) in [6, 6.07) is 12.2. The predicted octanol–water partition coefficient (Wildman–Crippen LogP) is 3.38. The first-order valence-corrected chi connectivity index (χ1v) is 8.36. The molecule has 2 aromatic carbocycles. The Kier molecular flexibility index (Phi) is 3.10. The van der Waals surface area contributed by atoms with Crippen molar-refractivity contribution in [2.75, 3.05) is 0 Å². The van der Waals surface area contributed by atoms with Crippen LogP contribution in [0.1, 0.15) is 22.3 Å². The van der Waals surface area contributed by atoms with Gasteiger partial charge in [-0.2, -0.15) is 0 Å². The molecule has 0 aliphatic carbocycles. The minimum atomic E-state index is 0.0130. The lowest BCUT2D eigenvalue weighted by Crippen LogP contribution is -2.22. The van der Waals surface area contributed by atoms with E-state index in [0.717, 1.165) is 31.7 Å². The van der Waals surface area contributed by atoms with Gasteiger partial charge in [-0.25, -0.2) is 9.38 Å². The van der Waals surface area contributed by atoms with Crippen LogP contribution in [-0.2, 0) is 0 Å². The van der Waals surface area contributed by atoms with Crippen molar-refractivity contribution in [3.63, 3.8) is 0 Å². The van der Waals surface area contributed by atoms with Crippen LogP contribution in [0.2, 0.25) is 0 Å². The molecule has 0 radical (unpaired) electrons. The molecule has 0 N–H and O–H groups in total. The highest BCUT2D eigenvalue weighted by Crippen LogP contribution is 2.20. The second-order valence-corrected chi connectivity index (χ2v) is 6.94. The van der Waals surface area contributed by atoms with Crippen LogP contribution in [0.4, 0.5) is 0 Å². The number of rotatable bonds is 1. The van der Waals surface area contributed by atoms with Crippen molar-refractivity contribution in [2.24, 2.45) is 0 Å². The Morgan fingerprint density at radius 2 is 1.78 bits per heavy atom. The zero-order valence-electron chi connectivity index (χ0n) is 13.3. The number of thiazole rings is 1. The number of hydrogen-bond acceptors (Lipinski definition) is 3. The van der Waals surface area contributed by atoms with Gasteiger partial charge in [-0.15, -0.1) is 0 Å². The summed E-state index contributed by atoms with van der Waals surface area (Å²) in [6.45, 7) is 6.18. The van der Waals surface area contributed by atoms with E-state index in [1.54, 1.807) is 4.40 Å². The molecule has 2 heterocycles. The van der Waals surface area contributed by atoms with Gasteiger partial charge < -0.3 is 0 Å². The van der Waals surface area contributed by atoms with Crippen LogP contribution < -0.4 is 10.1 Å². The van der Waals surface area contributed by atoms with E-state index in [1.807, 2.05) is 24.3 Å². The Labute approximate surface area is 137 Å². The molecule has 4 rings (SSSR count). The number of fused-ring (bicyclic) bond motifs is 3. The summed E-state index contributed by atoms with van der Waals surface area (Å²) in [6.07, 6.45) is 1.96. The summed E-state index contributed by atoms with van der Waals surface area (Å²) in [5, 5.41) is 0. The second-order valence-electron chi connectivity index (χ2n) is 5.93. The molecular weight excluding hydrogens is 304 g/mol. The summed E-state index contributed by atoms with van der Waals surface area (Å²) in [5.74, 6) is 0. The van der Waals surface area contributed by atoms with Crippen molar-refractivity contribution < 1.29 is 0 Å². The topological polar surface area (TPSA) is 34.4 Å². The highest BCUT2D eigenvalue weighted by atomic mass is 32.1. The van der Waals surface area contributed by atoms with Gasteiger partial charge in [0.25, 0.3) is 5.56 Å². The zero-order chi connectivity index (χ0) is 16.1. The summed E-state index contributed by atoms with van der Waals surface area (Å²) in [4.78, 5) is 18.2. The summed E-state index contributed by atoms with van der Waals surface area (Å²) in [5.41, 5.74) is 6.41. The number of aryl methyl sites for hydroxylation is 3. The SMILES string of the molecule is Cc1cc2nc3s/c(=C\c4ccccc4C)c(=O)n3c2cc1C. The molecule has 114 valence electrons. The van der Waals surface area contributed by atoms with Crippen molar-refractivity contribution in [3.05, 3.63) is 73.5 Å². The van der Waals surface area contributed by atoms with Crippen LogP contribution in [0, 0.1) is 20.8 Å². The average Bonchev–Trinajstić information content (AvgIpc) is 3.00. The van der Waals surface area contributed by atoms with E-state index in [-0.39, 0.29) is 5.56 Å². The average molecular weight is 320 g/mol. The number of nitrogens with zero attached hydrogens (tertiary/aromatic N) is 2. The minimum Gasteiger partial charge on any atom is -0.267 e. The fourth-order valence-corrected chi connectivity index (χ4v) is 3.79. The number of imidazole rings is 1. The first-order chi connectivity index (χ1) is 11.0. The van der Waals surface area contributed by atoms with E-state index in [0.29, 0.717) is 0 Å². The van der Waals surface area contributed by atoms with Crippen molar-refractivity contribution in [2.45, 2.75) is 20.8 Å². The molecule has 2 aromatic heterocycles. The van der Waals surface area contributed by atoms with Crippen LogP contribution in [0.25, 0.3) is 22.1 Å². The molecule has 3 nitrogen and oxygen atoms in total. The first-order valence-electron chi connectivity index (χ1n) is 7.54. The lowest BCUT2D eigenvalue weighted by Gasteiger charge is -1.98. The van der Waals surface area contributed by atoms with Crippen molar-refractivity contribution in [3.8, 4) is 0 Å². The van der Waals surface area contributed by atoms with Gasteiger partial charge in [0.15, 0.2) is 4.96 Å². The Morgan fingerprint density at radius 1 is 1.04 bits per heavy atom. The Balaban J connectivity index is 2.05. The molecule has 0 aliphatic rings. The molecule has 23 heavy (non-hydrogen) atoms. The molecule has 4 heteroatoms. The van der Waals surface area contributed by atoms with Gasteiger partial charge in [0.2, 0.25) is 0 Å². The van der Waals surface area contributed by atoms with Crippen molar-refractivity contribution in [1.82, 2.24) is 9.38 Å². The molecule has 0 amide bonds. The second kappa shape index (κ2) is 5.03. The maximum absolute atomic E-state index is 12.8. The Morgan fingerprint density at radius 3 is 2.57 bits per heavy atom. The van der Waals surface area contributed by atoms with Crippen molar-refractivity contribution >= 4 is 33.4 Å². The largest absolute Gasteiger partial charge is 0.274 e. The smallest absolute Gasteiger partial charge is 0.267 e. The molecule has 0 aliphatic heterocycles. The molecule has 0 atom stereocenters. The van der Waals surface area contributed by atoms with Gasteiger partial charge in [-0.1, -0.05) is 35.6 Å². The standard InChI is InChI=1S/C19H16N2OS/c1-11-6-4-5-7-14(11)10-17-18(22)21-16-9-13(3)12(2)8-15(16)20-19(21)23-17/h4-10H,1-3H3/b17-10-. The van der Waals surface area contributed by atoms with Gasteiger partial charge in [0, 0.05) is 0 Å². The predicted molar refractivity (Wildman–Crippen MR) is 96.3 cm³/mol. The lowest BCUT2D eigenvalue weighted by molar-refractivity contribution is 1.18. The van der Waals surface area contributed by atoms with Gasteiger partial charge in [0.1, 0.15) is 0 Å². The van der Waals surface area contributed by atoms with Crippen LogP contribution >= 0.6 is 11.3 Å². The zero-order valence-corrected chi connectivity index (χ0v) is 14.1. The van der Waals surface area contributed by atoms with E-state index in [4.69, 9.17) is 0 Å². The summed E-state index contributed by atoms with van der Waals surface area (Å²) in [7, 11) is 0. The fourth-order valence-electron chi connectivity index (χ4n) is 2.81. The molecule has 0 spiro atoms. The monoisotopic (exact) mass is 320 g/mol. The maximum Gasteiger partial charge on any atom is 0.274 e. The molecule has 0 unspecified atom stereocenters. The fraction of sp³-hybridized carbons (Fsp3) is 0.158. The molecule has 0 saturated heterocycles. The van der Waals surface area contributed by atoms with Crippen LogP contribution in [0.15, 0.2) is 41.2 Å².